The van der Waals surface area contributed by atoms with Crippen molar-refractivity contribution in [2.75, 3.05) is 59.4 Å². The van der Waals surface area contributed by atoms with Crippen LogP contribution in [0.25, 0.3) is 0 Å². The van der Waals surface area contributed by atoms with E-state index in [9.17, 15) is 9.59 Å². The Bertz CT molecular complexity index is 486. The van der Waals surface area contributed by atoms with E-state index in [4.69, 9.17) is 9.47 Å². The standard InChI is InChI=1S/C23H45N3O4/c1-22(2,3)29-20(27)10-14-25(15-11-21(28)30-23(4,5)6)12-8-9-13-26-18-16-24(7)17-19-26/h8-19H2,1-7H3. The molecule has 1 saturated heterocycles. The molecule has 0 spiro atoms. The fourth-order valence-corrected chi connectivity index (χ4v) is 3.36. The largest absolute Gasteiger partial charge is 0.460 e. The summed E-state index contributed by atoms with van der Waals surface area (Å²) in [6.07, 6.45) is 2.85. The second-order valence-electron chi connectivity index (χ2n) is 10.4. The van der Waals surface area contributed by atoms with Crippen LogP contribution >= 0.6 is 0 Å². The van der Waals surface area contributed by atoms with Gasteiger partial charge in [-0.3, -0.25) is 9.59 Å². The van der Waals surface area contributed by atoms with Gasteiger partial charge in [0.25, 0.3) is 0 Å². The molecule has 0 aromatic rings. The molecule has 0 bridgehead atoms. The van der Waals surface area contributed by atoms with E-state index < -0.39 is 11.2 Å². The van der Waals surface area contributed by atoms with Crippen molar-refractivity contribution in [1.29, 1.82) is 0 Å². The number of likely N-dealkylation sites (N-methyl/N-ethyl adjacent to an activating group) is 1. The zero-order valence-corrected chi connectivity index (χ0v) is 20.5. The van der Waals surface area contributed by atoms with Crippen LogP contribution in [0.5, 0.6) is 0 Å². The Morgan fingerprint density at radius 3 is 1.67 bits per heavy atom. The van der Waals surface area contributed by atoms with Gasteiger partial charge in [-0.2, -0.15) is 0 Å². The lowest BCUT2D eigenvalue weighted by molar-refractivity contribution is -0.155. The molecule has 0 saturated carbocycles. The van der Waals surface area contributed by atoms with E-state index in [-0.39, 0.29) is 11.9 Å². The van der Waals surface area contributed by atoms with Gasteiger partial charge in [-0.05, 0) is 74.5 Å². The normalized spacial score (nSPS) is 16.7. The maximum atomic E-state index is 12.1. The van der Waals surface area contributed by atoms with Crippen molar-refractivity contribution in [3.8, 4) is 0 Å². The number of carbonyl (C=O) groups excluding carboxylic acids is 2. The number of esters is 2. The van der Waals surface area contributed by atoms with Gasteiger partial charge in [0.15, 0.2) is 0 Å². The first-order valence-electron chi connectivity index (χ1n) is 11.4. The SMILES string of the molecule is CN1CCN(CCCCN(CCC(=O)OC(C)(C)C)CCC(=O)OC(C)(C)C)CC1. The highest BCUT2D eigenvalue weighted by atomic mass is 16.6. The van der Waals surface area contributed by atoms with E-state index in [0.717, 1.165) is 52.1 Å². The first kappa shape index (κ1) is 26.9. The number of unbranched alkanes of at least 4 members (excludes halogenated alkanes) is 1. The lowest BCUT2D eigenvalue weighted by atomic mass is 10.2. The monoisotopic (exact) mass is 427 g/mol. The summed E-state index contributed by atoms with van der Waals surface area (Å²) in [6, 6.07) is 0. The van der Waals surface area contributed by atoms with Crippen molar-refractivity contribution in [2.24, 2.45) is 0 Å². The molecule has 0 aromatic carbocycles. The molecule has 1 fully saturated rings. The van der Waals surface area contributed by atoms with Crippen molar-refractivity contribution in [3.63, 3.8) is 0 Å². The van der Waals surface area contributed by atoms with Crippen LogP contribution in [0.4, 0.5) is 0 Å². The predicted octanol–water partition coefficient (Wildman–Crippen LogP) is 2.78. The summed E-state index contributed by atoms with van der Waals surface area (Å²) in [5, 5.41) is 0. The van der Waals surface area contributed by atoms with E-state index in [0.29, 0.717) is 25.9 Å². The molecule has 176 valence electrons. The van der Waals surface area contributed by atoms with E-state index in [1.165, 1.54) is 0 Å². The molecule has 0 radical (unpaired) electrons. The van der Waals surface area contributed by atoms with Crippen molar-refractivity contribution >= 4 is 11.9 Å². The van der Waals surface area contributed by atoms with Crippen LogP contribution < -0.4 is 0 Å². The van der Waals surface area contributed by atoms with E-state index in [2.05, 4.69) is 21.7 Å². The van der Waals surface area contributed by atoms with Crippen molar-refractivity contribution in [2.45, 2.75) is 78.4 Å². The van der Waals surface area contributed by atoms with Gasteiger partial charge >= 0.3 is 11.9 Å². The van der Waals surface area contributed by atoms with Crippen molar-refractivity contribution in [3.05, 3.63) is 0 Å². The molecule has 0 N–H and O–H groups in total. The molecular formula is C23H45N3O4. The fourth-order valence-electron chi connectivity index (χ4n) is 3.36. The minimum atomic E-state index is -0.471. The first-order chi connectivity index (χ1) is 13.8. The second-order valence-corrected chi connectivity index (χ2v) is 10.4. The number of ether oxygens (including phenoxy) is 2. The molecule has 1 aliphatic rings. The van der Waals surface area contributed by atoms with E-state index in [1.54, 1.807) is 0 Å². The average molecular weight is 428 g/mol. The van der Waals surface area contributed by atoms with Crippen LogP contribution in [0.2, 0.25) is 0 Å². The van der Waals surface area contributed by atoms with Crippen LogP contribution in [0.3, 0.4) is 0 Å². The predicted molar refractivity (Wildman–Crippen MR) is 121 cm³/mol. The van der Waals surface area contributed by atoms with Crippen molar-refractivity contribution < 1.29 is 19.1 Å². The summed E-state index contributed by atoms with van der Waals surface area (Å²) in [5.41, 5.74) is -0.943. The summed E-state index contributed by atoms with van der Waals surface area (Å²) in [5.74, 6) is -0.385. The van der Waals surface area contributed by atoms with Gasteiger partial charge in [-0.1, -0.05) is 0 Å². The number of rotatable bonds is 11. The number of hydrogen-bond donors (Lipinski definition) is 0. The molecule has 0 aromatic heterocycles. The number of nitrogens with zero attached hydrogens (tertiary/aromatic N) is 3. The molecule has 0 aliphatic carbocycles. The highest BCUT2D eigenvalue weighted by Crippen LogP contribution is 2.11. The lowest BCUT2D eigenvalue weighted by Gasteiger charge is -2.32. The summed E-state index contributed by atoms with van der Waals surface area (Å²) in [7, 11) is 2.17. The average Bonchev–Trinajstić information content (AvgIpc) is 2.58. The molecule has 7 nitrogen and oxygen atoms in total. The van der Waals surface area contributed by atoms with Gasteiger partial charge in [-0.15, -0.1) is 0 Å². The third-order valence-corrected chi connectivity index (χ3v) is 4.90. The molecule has 1 heterocycles. The smallest absolute Gasteiger partial charge is 0.307 e. The summed E-state index contributed by atoms with van der Waals surface area (Å²) in [4.78, 5) is 31.3. The zero-order valence-electron chi connectivity index (χ0n) is 20.5. The molecule has 30 heavy (non-hydrogen) atoms. The Kier molecular flexibility index (Phi) is 11.3. The Hall–Kier alpha value is -1.18. The minimum Gasteiger partial charge on any atom is -0.460 e. The second kappa shape index (κ2) is 12.6. The molecule has 1 rings (SSSR count). The topological polar surface area (TPSA) is 62.3 Å². The quantitative estimate of drug-likeness (QED) is 0.371. The van der Waals surface area contributed by atoms with Crippen LogP contribution in [-0.2, 0) is 19.1 Å². The lowest BCUT2D eigenvalue weighted by Crippen LogP contribution is -2.44. The van der Waals surface area contributed by atoms with Gasteiger partial charge in [0.2, 0.25) is 0 Å². The Labute approximate surface area is 184 Å². The van der Waals surface area contributed by atoms with E-state index in [1.807, 2.05) is 41.5 Å². The zero-order chi connectivity index (χ0) is 22.8. The highest BCUT2D eigenvalue weighted by molar-refractivity contribution is 5.70. The summed E-state index contributed by atoms with van der Waals surface area (Å²) < 4.78 is 10.9. The fraction of sp³-hybridized carbons (Fsp3) is 0.913. The van der Waals surface area contributed by atoms with Crippen LogP contribution in [0.1, 0.15) is 67.2 Å². The molecule has 0 amide bonds. The van der Waals surface area contributed by atoms with Gasteiger partial charge < -0.3 is 24.2 Å². The number of piperazine rings is 1. The van der Waals surface area contributed by atoms with Crippen molar-refractivity contribution in [1.82, 2.24) is 14.7 Å². The first-order valence-corrected chi connectivity index (χ1v) is 11.4. The van der Waals surface area contributed by atoms with Gasteiger partial charge in [-0.25, -0.2) is 0 Å². The Morgan fingerprint density at radius 1 is 0.767 bits per heavy atom. The number of hydrogen-bond acceptors (Lipinski definition) is 7. The summed E-state index contributed by atoms with van der Waals surface area (Å²) in [6.45, 7) is 19.0. The van der Waals surface area contributed by atoms with Crippen LogP contribution in [0.15, 0.2) is 0 Å². The Balaban J connectivity index is 2.42. The number of carbonyl (C=O) groups is 2. The van der Waals surface area contributed by atoms with Gasteiger partial charge in [0.05, 0.1) is 12.8 Å². The van der Waals surface area contributed by atoms with Gasteiger partial charge in [0, 0.05) is 39.3 Å². The molecule has 0 atom stereocenters. The molecule has 1 aliphatic heterocycles. The third kappa shape index (κ3) is 13.9. The van der Waals surface area contributed by atoms with Gasteiger partial charge in [0.1, 0.15) is 11.2 Å². The maximum absolute atomic E-state index is 12.1. The van der Waals surface area contributed by atoms with Crippen LogP contribution in [0, 0.1) is 0 Å². The van der Waals surface area contributed by atoms with Crippen LogP contribution in [-0.4, -0.2) is 97.2 Å². The third-order valence-electron chi connectivity index (χ3n) is 4.90. The highest BCUT2D eigenvalue weighted by Gasteiger charge is 2.20. The molecule has 7 heteroatoms. The minimum absolute atomic E-state index is 0.192. The Morgan fingerprint density at radius 2 is 1.23 bits per heavy atom. The molecular weight excluding hydrogens is 382 g/mol. The summed E-state index contributed by atoms with van der Waals surface area (Å²) >= 11 is 0. The molecule has 0 unspecified atom stereocenters. The maximum Gasteiger partial charge on any atom is 0.307 e. The van der Waals surface area contributed by atoms with E-state index >= 15 is 0 Å².